The minimum Gasteiger partial charge on any atom is -0.489 e. The van der Waals surface area contributed by atoms with Crippen LogP contribution < -0.4 is 15.0 Å². The van der Waals surface area contributed by atoms with Gasteiger partial charge in [0.15, 0.2) is 11.5 Å². The molecule has 0 spiro atoms. The van der Waals surface area contributed by atoms with Gasteiger partial charge in [0.2, 0.25) is 0 Å². The standard InChI is InChI=1S/C26H28ClN5O3/c1-25(2)23(26(3,4)24(25)35-15-6-5-14(10-28)19(27)9-15)29-22(34)20-7-8-21(31-30-20)32-11-16-17(12-32)18(16)13-33/h5-9,13,16-18,23-24H,11-12H2,1-4H3,(H,29,34). The van der Waals surface area contributed by atoms with Gasteiger partial charge in [0.05, 0.1) is 10.6 Å². The largest absolute Gasteiger partial charge is 0.489 e. The number of carbonyl (C=O) groups is 2. The molecule has 1 saturated heterocycles. The first kappa shape index (κ1) is 23.6. The predicted molar refractivity (Wildman–Crippen MR) is 130 cm³/mol. The Kier molecular flexibility index (Phi) is 5.52. The van der Waals surface area contributed by atoms with Crippen LogP contribution in [0.3, 0.4) is 0 Å². The van der Waals surface area contributed by atoms with Gasteiger partial charge in [-0.2, -0.15) is 5.26 Å². The van der Waals surface area contributed by atoms with E-state index in [0.717, 1.165) is 25.2 Å². The van der Waals surface area contributed by atoms with Crippen molar-refractivity contribution < 1.29 is 14.3 Å². The van der Waals surface area contributed by atoms with Crippen LogP contribution in [0, 0.1) is 39.9 Å². The minimum absolute atomic E-state index is 0.159. The molecule has 1 aromatic heterocycles. The summed E-state index contributed by atoms with van der Waals surface area (Å²) in [6, 6.07) is 10.4. The van der Waals surface area contributed by atoms with E-state index in [2.05, 4.69) is 48.1 Å². The van der Waals surface area contributed by atoms with Crippen molar-refractivity contribution in [2.24, 2.45) is 28.6 Å². The van der Waals surface area contributed by atoms with Crippen molar-refractivity contribution in [2.45, 2.75) is 39.8 Å². The van der Waals surface area contributed by atoms with Crippen molar-refractivity contribution in [3.8, 4) is 11.8 Å². The highest BCUT2D eigenvalue weighted by Gasteiger charge is 2.64. The number of anilines is 1. The molecule has 0 radical (unpaired) electrons. The Bertz CT molecular complexity index is 1190. The van der Waals surface area contributed by atoms with Crippen LogP contribution >= 0.6 is 11.6 Å². The Hall–Kier alpha value is -3.18. The first-order valence-electron chi connectivity index (χ1n) is 11.8. The molecule has 3 fully saturated rings. The summed E-state index contributed by atoms with van der Waals surface area (Å²) in [5, 5.41) is 21.0. The normalized spacial score (nSPS) is 29.4. The molecule has 2 aromatic rings. The molecule has 0 bridgehead atoms. The van der Waals surface area contributed by atoms with E-state index in [1.807, 2.05) is 12.1 Å². The molecule has 35 heavy (non-hydrogen) atoms. The lowest BCUT2D eigenvalue weighted by molar-refractivity contribution is -0.164. The summed E-state index contributed by atoms with van der Waals surface area (Å²) < 4.78 is 6.28. The third-order valence-corrected chi connectivity index (χ3v) is 8.37. The minimum atomic E-state index is -0.362. The van der Waals surface area contributed by atoms with E-state index in [9.17, 15) is 9.59 Å². The van der Waals surface area contributed by atoms with E-state index in [1.54, 1.807) is 24.3 Å². The number of amides is 1. The number of piperidine rings is 1. The Morgan fingerprint density at radius 2 is 1.86 bits per heavy atom. The average Bonchev–Trinajstić information content (AvgIpc) is 3.30. The van der Waals surface area contributed by atoms with Gasteiger partial charge in [0.25, 0.3) is 5.91 Å². The van der Waals surface area contributed by atoms with Crippen molar-refractivity contribution in [1.82, 2.24) is 15.5 Å². The van der Waals surface area contributed by atoms with Gasteiger partial charge in [0, 0.05) is 41.9 Å². The van der Waals surface area contributed by atoms with Crippen LogP contribution in [0.1, 0.15) is 43.7 Å². The second kappa shape index (κ2) is 8.20. The zero-order chi connectivity index (χ0) is 25.1. The van der Waals surface area contributed by atoms with E-state index in [4.69, 9.17) is 21.6 Å². The van der Waals surface area contributed by atoms with Crippen molar-refractivity contribution in [2.75, 3.05) is 18.0 Å². The lowest BCUT2D eigenvalue weighted by Gasteiger charge is -2.63. The summed E-state index contributed by atoms with van der Waals surface area (Å²) in [5.41, 5.74) is -0.0640. The number of hydrogen-bond acceptors (Lipinski definition) is 7. The first-order valence-corrected chi connectivity index (χ1v) is 12.2. The molecular formula is C26H28ClN5O3. The summed E-state index contributed by atoms with van der Waals surface area (Å²) in [6.07, 6.45) is 0.874. The quantitative estimate of drug-likeness (QED) is 0.613. The number of ether oxygens (including phenoxy) is 1. The van der Waals surface area contributed by atoms with Gasteiger partial charge in [-0.3, -0.25) is 4.79 Å². The molecule has 2 saturated carbocycles. The summed E-state index contributed by atoms with van der Waals surface area (Å²) in [6.45, 7) is 9.84. The monoisotopic (exact) mass is 493 g/mol. The SMILES string of the molecule is CC1(C)C(NC(=O)c2ccc(N3CC4C(C=O)C4C3)nn2)C(C)(C)C1Oc1ccc(C#N)c(Cl)c1. The maximum absolute atomic E-state index is 13.0. The van der Waals surface area contributed by atoms with Crippen LogP contribution in [0.25, 0.3) is 0 Å². The topological polar surface area (TPSA) is 108 Å². The van der Waals surface area contributed by atoms with Crippen LogP contribution in [0.4, 0.5) is 5.82 Å². The fourth-order valence-electron chi connectivity index (χ4n) is 6.38. The molecular weight excluding hydrogens is 466 g/mol. The number of nitriles is 1. The molecule has 5 rings (SSSR count). The summed E-state index contributed by atoms with van der Waals surface area (Å²) >= 11 is 6.17. The van der Waals surface area contributed by atoms with Gasteiger partial charge in [-0.15, -0.1) is 10.2 Å². The molecule has 2 heterocycles. The fraction of sp³-hybridized carbons (Fsp3) is 0.500. The summed E-state index contributed by atoms with van der Waals surface area (Å²) in [5.74, 6) is 2.09. The molecule has 182 valence electrons. The number of rotatable bonds is 6. The van der Waals surface area contributed by atoms with Gasteiger partial charge in [-0.25, -0.2) is 0 Å². The van der Waals surface area contributed by atoms with Gasteiger partial charge < -0.3 is 19.7 Å². The molecule has 2 atom stereocenters. The van der Waals surface area contributed by atoms with Crippen LogP contribution in [0.2, 0.25) is 5.02 Å². The summed E-state index contributed by atoms with van der Waals surface area (Å²) in [7, 11) is 0. The first-order chi connectivity index (χ1) is 16.6. The lowest BCUT2D eigenvalue weighted by atomic mass is 9.49. The molecule has 1 amide bonds. The van der Waals surface area contributed by atoms with E-state index < -0.39 is 0 Å². The van der Waals surface area contributed by atoms with Crippen LogP contribution in [0.5, 0.6) is 5.75 Å². The number of hydrogen-bond donors (Lipinski definition) is 1. The Balaban J connectivity index is 1.23. The van der Waals surface area contributed by atoms with Crippen LogP contribution in [0.15, 0.2) is 30.3 Å². The maximum Gasteiger partial charge on any atom is 0.272 e. The lowest BCUT2D eigenvalue weighted by Crippen LogP contribution is -2.74. The summed E-state index contributed by atoms with van der Waals surface area (Å²) in [4.78, 5) is 26.1. The zero-order valence-electron chi connectivity index (χ0n) is 20.2. The molecule has 1 aliphatic heterocycles. The van der Waals surface area contributed by atoms with Crippen LogP contribution in [-0.4, -0.2) is 47.6 Å². The highest BCUT2D eigenvalue weighted by molar-refractivity contribution is 6.31. The van der Waals surface area contributed by atoms with E-state index in [-0.39, 0.29) is 40.5 Å². The number of aldehydes is 1. The highest BCUT2D eigenvalue weighted by atomic mass is 35.5. The van der Waals surface area contributed by atoms with Crippen LogP contribution in [-0.2, 0) is 4.79 Å². The Labute approximate surface area is 209 Å². The van der Waals surface area contributed by atoms with E-state index in [0.29, 0.717) is 28.2 Å². The van der Waals surface area contributed by atoms with Crippen molar-refractivity contribution in [3.63, 3.8) is 0 Å². The number of carbonyl (C=O) groups excluding carboxylic acids is 2. The van der Waals surface area contributed by atoms with Gasteiger partial charge in [-0.05, 0) is 36.1 Å². The Morgan fingerprint density at radius 1 is 1.17 bits per heavy atom. The molecule has 3 aliphatic rings. The second-order valence-electron chi connectivity index (χ2n) is 11.0. The van der Waals surface area contributed by atoms with Crippen molar-refractivity contribution in [1.29, 1.82) is 5.26 Å². The van der Waals surface area contributed by atoms with E-state index >= 15 is 0 Å². The number of halogens is 1. The third-order valence-electron chi connectivity index (χ3n) is 8.05. The number of fused-ring (bicyclic) bond motifs is 1. The van der Waals surface area contributed by atoms with Gasteiger partial charge >= 0.3 is 0 Å². The van der Waals surface area contributed by atoms with Crippen molar-refractivity contribution >= 4 is 29.6 Å². The van der Waals surface area contributed by atoms with E-state index in [1.165, 1.54) is 0 Å². The highest BCUT2D eigenvalue weighted by Crippen LogP contribution is 2.55. The number of benzene rings is 1. The predicted octanol–water partition coefficient (Wildman–Crippen LogP) is 3.49. The molecule has 1 aromatic carbocycles. The number of nitrogens with one attached hydrogen (secondary N) is 1. The molecule has 2 unspecified atom stereocenters. The fourth-order valence-corrected chi connectivity index (χ4v) is 6.59. The zero-order valence-corrected chi connectivity index (χ0v) is 20.9. The number of nitrogens with zero attached hydrogens (tertiary/aromatic N) is 4. The second-order valence-corrected chi connectivity index (χ2v) is 11.4. The Morgan fingerprint density at radius 3 is 2.40 bits per heavy atom. The van der Waals surface area contributed by atoms with Gasteiger partial charge in [0.1, 0.15) is 24.2 Å². The maximum atomic E-state index is 13.0. The smallest absolute Gasteiger partial charge is 0.272 e. The number of aromatic nitrogens is 2. The molecule has 9 heteroatoms. The average molecular weight is 494 g/mol. The van der Waals surface area contributed by atoms with Gasteiger partial charge in [-0.1, -0.05) is 39.3 Å². The third kappa shape index (κ3) is 3.82. The molecule has 1 N–H and O–H groups in total. The van der Waals surface area contributed by atoms with Crippen molar-refractivity contribution in [3.05, 3.63) is 46.6 Å². The molecule has 8 nitrogen and oxygen atoms in total. The molecule has 2 aliphatic carbocycles.